The predicted molar refractivity (Wildman–Crippen MR) is 136 cm³/mol. The first-order chi connectivity index (χ1) is 15.1. The smallest absolute Gasteiger partial charge is 0.329 e. The number of hydrogen-bond donors (Lipinski definition) is 2. The predicted octanol–water partition coefficient (Wildman–Crippen LogP) is 6.87. The number of phenols is 1. The van der Waals surface area contributed by atoms with Crippen LogP contribution in [-0.2, 0) is 16.0 Å². The quantitative estimate of drug-likeness (QED) is 0.371. The van der Waals surface area contributed by atoms with Gasteiger partial charge in [-0.2, -0.15) is 0 Å². The molecule has 2 aromatic carbocycles. The van der Waals surface area contributed by atoms with E-state index in [4.69, 9.17) is 4.74 Å². The number of phenolic OH excluding ortho intramolecular Hbond substituents is 1. The van der Waals surface area contributed by atoms with Crippen LogP contribution in [0.2, 0.25) is 0 Å². The number of aromatic hydroxyl groups is 1. The first-order valence-electron chi connectivity index (χ1n) is 10.6. The summed E-state index contributed by atoms with van der Waals surface area (Å²) in [6.45, 7) is 12.5. The van der Waals surface area contributed by atoms with E-state index in [1.165, 1.54) is 18.7 Å². The first-order valence-corrected chi connectivity index (χ1v) is 12.2. The second-order valence-corrected chi connectivity index (χ2v) is 11.5. The minimum Gasteiger partial charge on any atom is -0.508 e. The number of benzene rings is 2. The molecule has 0 aromatic heterocycles. The summed E-state index contributed by atoms with van der Waals surface area (Å²) in [6.07, 6.45) is 0.0299. The molecule has 180 valence electrons. The fraction of sp³-hybridized carbons (Fsp3) is 0.440. The summed E-state index contributed by atoms with van der Waals surface area (Å²) in [4.78, 5) is 26.5. The van der Waals surface area contributed by atoms with E-state index in [0.29, 0.717) is 26.0 Å². The molecule has 0 fully saturated rings. The highest BCUT2D eigenvalue weighted by atomic mass is 79.9. The van der Waals surface area contributed by atoms with Crippen LogP contribution in [0.1, 0.15) is 65.5 Å². The average Bonchev–Trinajstić information content (AvgIpc) is 2.64. The van der Waals surface area contributed by atoms with Gasteiger partial charge >= 0.3 is 5.97 Å². The molecule has 0 aliphatic carbocycles. The number of amides is 1. The lowest BCUT2D eigenvalue weighted by atomic mass is 9.93. The van der Waals surface area contributed by atoms with E-state index in [-0.39, 0.29) is 24.0 Å². The summed E-state index contributed by atoms with van der Waals surface area (Å²) >= 11 is 7.05. The van der Waals surface area contributed by atoms with Gasteiger partial charge in [-0.3, -0.25) is 4.79 Å². The van der Waals surface area contributed by atoms with Crippen molar-refractivity contribution in [2.75, 3.05) is 0 Å². The molecule has 6 nitrogen and oxygen atoms in total. The molecule has 0 aliphatic heterocycles. The monoisotopic (exact) mass is 583 g/mol. The second kappa shape index (κ2) is 10.1. The summed E-state index contributed by atoms with van der Waals surface area (Å²) in [5.74, 6) is 0.106. The van der Waals surface area contributed by atoms with Crippen LogP contribution in [0.3, 0.4) is 0 Å². The van der Waals surface area contributed by atoms with E-state index < -0.39 is 17.0 Å². The third-order valence-corrected chi connectivity index (χ3v) is 6.44. The highest BCUT2D eigenvalue weighted by Gasteiger charge is 2.43. The van der Waals surface area contributed by atoms with Gasteiger partial charge in [0.1, 0.15) is 17.0 Å². The van der Waals surface area contributed by atoms with Gasteiger partial charge in [-0.05, 0) is 108 Å². The van der Waals surface area contributed by atoms with Crippen molar-refractivity contribution in [1.29, 1.82) is 0 Å². The molecule has 2 rings (SSSR count). The molecule has 0 unspecified atom stereocenters. The number of ether oxygens (including phenoxy) is 1. The first kappa shape index (κ1) is 27.2. The number of carboxylic acids is 1. The largest absolute Gasteiger partial charge is 0.508 e. The maximum atomic E-state index is 13.2. The summed E-state index contributed by atoms with van der Waals surface area (Å²) in [7, 11) is 0. The van der Waals surface area contributed by atoms with Gasteiger partial charge in [-0.1, -0.05) is 13.8 Å². The number of carbonyl (C=O) groups is 2. The summed E-state index contributed by atoms with van der Waals surface area (Å²) in [6, 6.07) is 8.66. The van der Waals surface area contributed by atoms with Crippen LogP contribution in [0.5, 0.6) is 17.2 Å². The molecule has 1 amide bonds. The van der Waals surface area contributed by atoms with Crippen LogP contribution in [-0.4, -0.2) is 38.1 Å². The van der Waals surface area contributed by atoms with Crippen LogP contribution < -0.4 is 4.74 Å². The normalized spacial score (nSPS) is 12.1. The number of nitrogens with zero attached hydrogens (tertiary/aromatic N) is 1. The van der Waals surface area contributed by atoms with Crippen molar-refractivity contribution >= 4 is 43.7 Å². The number of rotatable bonds is 7. The standard InChI is InChI=1S/C25H31Br2NO5/c1-14(2)17-13-16(8-9-20(17)29)33-22-18(26)10-15(11-19(22)27)12-21(30)28(24(3,4)5)25(6,7)23(31)32/h8-11,13-14,29H,12H2,1-7H3,(H,31,32). The van der Waals surface area contributed by atoms with Gasteiger partial charge in [0, 0.05) is 11.1 Å². The third kappa shape index (κ3) is 6.29. The molecule has 2 aromatic rings. The van der Waals surface area contributed by atoms with E-state index in [1.807, 2.05) is 34.6 Å². The summed E-state index contributed by atoms with van der Waals surface area (Å²) in [5, 5.41) is 19.7. The van der Waals surface area contributed by atoms with Crippen molar-refractivity contribution < 1.29 is 24.5 Å². The van der Waals surface area contributed by atoms with Crippen molar-refractivity contribution in [3.05, 3.63) is 50.4 Å². The Bertz CT molecular complexity index is 1030. The molecule has 2 N–H and O–H groups in total. The van der Waals surface area contributed by atoms with Crippen molar-refractivity contribution in [2.45, 2.75) is 71.9 Å². The minimum absolute atomic E-state index is 0.0299. The Labute approximate surface area is 212 Å². The average molecular weight is 585 g/mol. The number of carboxylic acid groups (broad SMARTS) is 1. The number of hydrogen-bond acceptors (Lipinski definition) is 4. The van der Waals surface area contributed by atoms with E-state index >= 15 is 0 Å². The van der Waals surface area contributed by atoms with Gasteiger partial charge in [0.05, 0.1) is 15.4 Å². The summed E-state index contributed by atoms with van der Waals surface area (Å²) < 4.78 is 7.33. The highest BCUT2D eigenvalue weighted by Crippen LogP contribution is 2.40. The Balaban J connectivity index is 2.34. The van der Waals surface area contributed by atoms with Crippen molar-refractivity contribution in [1.82, 2.24) is 4.90 Å². The Morgan fingerprint density at radius 2 is 1.58 bits per heavy atom. The van der Waals surface area contributed by atoms with Gasteiger partial charge in [0.15, 0.2) is 5.75 Å². The number of halogens is 2. The molecule has 0 spiro atoms. The number of aliphatic carboxylic acids is 1. The molecule has 33 heavy (non-hydrogen) atoms. The van der Waals surface area contributed by atoms with Crippen LogP contribution >= 0.6 is 31.9 Å². The van der Waals surface area contributed by atoms with Crippen molar-refractivity contribution in [3.8, 4) is 17.2 Å². The Kier molecular flexibility index (Phi) is 8.28. The SMILES string of the molecule is CC(C)c1cc(Oc2c(Br)cc(CC(=O)N(C(C)(C)C)C(C)(C)C(=O)O)cc2Br)ccc1O. The van der Waals surface area contributed by atoms with Gasteiger partial charge in [0.25, 0.3) is 0 Å². The Morgan fingerprint density at radius 1 is 1.03 bits per heavy atom. The topological polar surface area (TPSA) is 87.1 Å². The summed E-state index contributed by atoms with van der Waals surface area (Å²) in [5.41, 5.74) is -0.552. The van der Waals surface area contributed by atoms with E-state index in [2.05, 4.69) is 31.9 Å². The molecular formula is C25H31Br2NO5. The van der Waals surface area contributed by atoms with E-state index in [1.54, 1.807) is 30.3 Å². The fourth-order valence-electron chi connectivity index (χ4n) is 3.86. The zero-order valence-corrected chi connectivity index (χ0v) is 23.2. The highest BCUT2D eigenvalue weighted by molar-refractivity contribution is 9.11. The molecule has 0 aliphatic rings. The van der Waals surface area contributed by atoms with Gasteiger partial charge in [0.2, 0.25) is 5.91 Å². The van der Waals surface area contributed by atoms with Crippen LogP contribution in [0.15, 0.2) is 39.3 Å². The lowest BCUT2D eigenvalue weighted by Gasteiger charge is -2.44. The molecule has 8 heteroatoms. The van der Waals surface area contributed by atoms with Crippen LogP contribution in [0, 0.1) is 0 Å². The third-order valence-electron chi connectivity index (χ3n) is 5.26. The molecule has 0 heterocycles. The molecule has 0 bridgehead atoms. The zero-order valence-electron chi connectivity index (χ0n) is 20.0. The second-order valence-electron chi connectivity index (χ2n) is 9.81. The molecule has 0 atom stereocenters. The Hall–Kier alpha value is -2.06. The lowest BCUT2D eigenvalue weighted by molar-refractivity contribution is -0.162. The van der Waals surface area contributed by atoms with Gasteiger partial charge < -0.3 is 19.8 Å². The van der Waals surface area contributed by atoms with Crippen molar-refractivity contribution in [3.63, 3.8) is 0 Å². The molecule has 0 saturated carbocycles. The maximum Gasteiger partial charge on any atom is 0.329 e. The molecular weight excluding hydrogens is 554 g/mol. The van der Waals surface area contributed by atoms with Crippen molar-refractivity contribution in [2.24, 2.45) is 0 Å². The molecule has 0 saturated heterocycles. The van der Waals surface area contributed by atoms with Gasteiger partial charge in [-0.15, -0.1) is 0 Å². The molecule has 0 radical (unpaired) electrons. The van der Waals surface area contributed by atoms with Crippen LogP contribution in [0.4, 0.5) is 0 Å². The van der Waals surface area contributed by atoms with Gasteiger partial charge in [-0.25, -0.2) is 4.79 Å². The minimum atomic E-state index is -1.36. The number of carbonyl (C=O) groups excluding carboxylic acids is 1. The van der Waals surface area contributed by atoms with Crippen LogP contribution in [0.25, 0.3) is 0 Å². The maximum absolute atomic E-state index is 13.2. The van der Waals surface area contributed by atoms with E-state index in [0.717, 1.165) is 5.56 Å². The fourth-order valence-corrected chi connectivity index (χ4v) is 5.31. The zero-order chi connectivity index (χ0) is 25.3. The Morgan fingerprint density at radius 3 is 2.03 bits per heavy atom. The van der Waals surface area contributed by atoms with E-state index in [9.17, 15) is 19.8 Å². The lowest BCUT2D eigenvalue weighted by Crippen LogP contribution is -2.61.